The van der Waals surface area contributed by atoms with Crippen molar-refractivity contribution in [1.82, 2.24) is 0 Å². The first-order chi connectivity index (χ1) is 11.8. The SMILES string of the molecule is CC/C=C/C1CCC(CCC2CCC(OCCCCC)CC2)CC1. The monoisotopic (exact) mass is 334 g/mol. The standard InChI is InChI=1S/C23H42O/c1-3-5-7-19-24-23-17-15-22(16-18-23)14-13-21-11-9-20(10-12-21)8-6-4-2/h6,8,20-23H,3-5,7,9-19H2,1-2H3/b8-6+. The molecule has 0 aromatic heterocycles. The minimum atomic E-state index is 0.582. The Morgan fingerprint density at radius 1 is 0.792 bits per heavy atom. The maximum Gasteiger partial charge on any atom is 0.0575 e. The van der Waals surface area contributed by atoms with Crippen molar-refractivity contribution in [2.24, 2.45) is 17.8 Å². The van der Waals surface area contributed by atoms with Crippen LogP contribution in [0.2, 0.25) is 0 Å². The van der Waals surface area contributed by atoms with Crippen molar-refractivity contribution in [3.05, 3.63) is 12.2 Å². The van der Waals surface area contributed by atoms with Crippen LogP contribution in [-0.2, 0) is 4.74 Å². The first kappa shape index (κ1) is 20.0. The molecule has 2 saturated carbocycles. The second kappa shape index (κ2) is 12.1. The van der Waals surface area contributed by atoms with Gasteiger partial charge in [0.1, 0.15) is 0 Å². The molecule has 2 rings (SSSR count). The Bertz CT molecular complexity index is 319. The van der Waals surface area contributed by atoms with Gasteiger partial charge >= 0.3 is 0 Å². The molecule has 140 valence electrons. The number of rotatable bonds is 10. The molecule has 0 aromatic carbocycles. The summed E-state index contributed by atoms with van der Waals surface area (Å²) in [6.45, 7) is 5.51. The molecule has 0 aliphatic heterocycles. The molecule has 0 unspecified atom stereocenters. The van der Waals surface area contributed by atoms with Gasteiger partial charge in [-0.2, -0.15) is 0 Å². The normalized spacial score (nSPS) is 31.6. The molecule has 2 aliphatic carbocycles. The molecular weight excluding hydrogens is 292 g/mol. The van der Waals surface area contributed by atoms with Crippen LogP contribution in [0.3, 0.4) is 0 Å². The first-order valence-electron chi connectivity index (χ1n) is 11.1. The van der Waals surface area contributed by atoms with Crippen LogP contribution in [0.15, 0.2) is 12.2 Å². The molecule has 0 amide bonds. The highest BCUT2D eigenvalue weighted by atomic mass is 16.5. The molecule has 0 bridgehead atoms. The maximum absolute atomic E-state index is 6.07. The molecule has 0 atom stereocenters. The summed E-state index contributed by atoms with van der Waals surface area (Å²) >= 11 is 0. The zero-order chi connectivity index (χ0) is 17.0. The molecular formula is C23H42O. The third-order valence-electron chi connectivity index (χ3n) is 6.41. The van der Waals surface area contributed by atoms with Gasteiger partial charge in [0.15, 0.2) is 0 Å². The van der Waals surface area contributed by atoms with Crippen LogP contribution in [-0.4, -0.2) is 12.7 Å². The molecule has 0 N–H and O–H groups in total. The van der Waals surface area contributed by atoms with Gasteiger partial charge < -0.3 is 4.74 Å². The van der Waals surface area contributed by atoms with E-state index in [-0.39, 0.29) is 0 Å². The Balaban J connectivity index is 1.51. The maximum atomic E-state index is 6.07. The summed E-state index contributed by atoms with van der Waals surface area (Å²) in [5, 5.41) is 0. The van der Waals surface area contributed by atoms with Crippen LogP contribution in [0, 0.1) is 17.8 Å². The van der Waals surface area contributed by atoms with Crippen LogP contribution in [0.5, 0.6) is 0 Å². The van der Waals surface area contributed by atoms with Gasteiger partial charge in [0.05, 0.1) is 6.10 Å². The summed E-state index contributed by atoms with van der Waals surface area (Å²) in [7, 11) is 0. The predicted octanol–water partition coefficient (Wildman–Crippen LogP) is 7.30. The Labute approximate surface area is 151 Å². The zero-order valence-corrected chi connectivity index (χ0v) is 16.5. The van der Waals surface area contributed by atoms with E-state index in [4.69, 9.17) is 4.74 Å². The average molecular weight is 335 g/mol. The molecule has 0 radical (unpaired) electrons. The lowest BCUT2D eigenvalue weighted by molar-refractivity contribution is 0.0146. The summed E-state index contributed by atoms with van der Waals surface area (Å²) in [4.78, 5) is 0. The molecule has 0 aromatic rings. The molecule has 1 heteroatoms. The Kier molecular flexibility index (Phi) is 10.1. The fraction of sp³-hybridized carbons (Fsp3) is 0.913. The zero-order valence-electron chi connectivity index (χ0n) is 16.5. The third kappa shape index (κ3) is 7.72. The van der Waals surface area contributed by atoms with Crippen molar-refractivity contribution in [2.75, 3.05) is 6.61 Å². The van der Waals surface area contributed by atoms with Crippen molar-refractivity contribution in [3.8, 4) is 0 Å². The molecule has 24 heavy (non-hydrogen) atoms. The van der Waals surface area contributed by atoms with Crippen molar-refractivity contribution in [2.45, 2.75) is 110 Å². The lowest BCUT2D eigenvalue weighted by Gasteiger charge is -2.31. The molecule has 2 fully saturated rings. The predicted molar refractivity (Wildman–Crippen MR) is 105 cm³/mol. The quantitative estimate of drug-likeness (QED) is 0.301. The van der Waals surface area contributed by atoms with Crippen LogP contribution >= 0.6 is 0 Å². The summed E-state index contributed by atoms with van der Waals surface area (Å²) in [6.07, 6.45) is 24.8. The van der Waals surface area contributed by atoms with E-state index in [1.54, 1.807) is 0 Å². The Hall–Kier alpha value is -0.300. The molecule has 1 nitrogen and oxygen atoms in total. The van der Waals surface area contributed by atoms with Crippen LogP contribution in [0.1, 0.15) is 104 Å². The fourth-order valence-electron chi connectivity index (χ4n) is 4.66. The van der Waals surface area contributed by atoms with E-state index in [9.17, 15) is 0 Å². The van der Waals surface area contributed by atoms with Crippen LogP contribution < -0.4 is 0 Å². The molecule has 0 saturated heterocycles. The van der Waals surface area contributed by atoms with Crippen LogP contribution in [0.4, 0.5) is 0 Å². The van der Waals surface area contributed by atoms with E-state index in [0.717, 1.165) is 24.4 Å². The summed E-state index contributed by atoms with van der Waals surface area (Å²) < 4.78 is 6.07. The van der Waals surface area contributed by atoms with Crippen molar-refractivity contribution < 1.29 is 4.74 Å². The van der Waals surface area contributed by atoms with Gasteiger partial charge in [-0.25, -0.2) is 0 Å². The Morgan fingerprint density at radius 3 is 2.00 bits per heavy atom. The first-order valence-corrected chi connectivity index (χ1v) is 11.1. The molecule has 0 heterocycles. The lowest BCUT2D eigenvalue weighted by Crippen LogP contribution is -2.23. The van der Waals surface area contributed by atoms with E-state index in [1.807, 2.05) is 0 Å². The molecule has 2 aliphatic rings. The Morgan fingerprint density at radius 2 is 1.42 bits per heavy atom. The van der Waals surface area contributed by atoms with Gasteiger partial charge in [-0.05, 0) is 82.0 Å². The van der Waals surface area contributed by atoms with Gasteiger partial charge in [-0.1, -0.05) is 51.7 Å². The number of hydrogen-bond acceptors (Lipinski definition) is 1. The van der Waals surface area contributed by atoms with E-state index < -0.39 is 0 Å². The minimum absolute atomic E-state index is 0.582. The highest BCUT2D eigenvalue weighted by Gasteiger charge is 2.24. The van der Waals surface area contributed by atoms with Gasteiger partial charge in [-0.3, -0.25) is 0 Å². The van der Waals surface area contributed by atoms with E-state index >= 15 is 0 Å². The van der Waals surface area contributed by atoms with Gasteiger partial charge in [0.2, 0.25) is 0 Å². The minimum Gasteiger partial charge on any atom is -0.378 e. The summed E-state index contributed by atoms with van der Waals surface area (Å²) in [6, 6.07) is 0. The topological polar surface area (TPSA) is 9.23 Å². The lowest BCUT2D eigenvalue weighted by atomic mass is 9.77. The number of unbranched alkanes of at least 4 members (excludes halogenated alkanes) is 2. The van der Waals surface area contributed by atoms with Gasteiger partial charge in [-0.15, -0.1) is 0 Å². The van der Waals surface area contributed by atoms with Gasteiger partial charge in [0.25, 0.3) is 0 Å². The van der Waals surface area contributed by atoms with Crippen molar-refractivity contribution >= 4 is 0 Å². The molecule has 0 spiro atoms. The van der Waals surface area contributed by atoms with Gasteiger partial charge in [0, 0.05) is 6.61 Å². The van der Waals surface area contributed by atoms with Crippen LogP contribution in [0.25, 0.3) is 0 Å². The second-order valence-electron chi connectivity index (χ2n) is 8.42. The average Bonchev–Trinajstić information content (AvgIpc) is 2.64. The largest absolute Gasteiger partial charge is 0.378 e. The summed E-state index contributed by atoms with van der Waals surface area (Å²) in [5.74, 6) is 2.92. The number of allylic oxidation sites excluding steroid dienone is 2. The third-order valence-corrected chi connectivity index (χ3v) is 6.41. The van der Waals surface area contributed by atoms with Crippen molar-refractivity contribution in [3.63, 3.8) is 0 Å². The summed E-state index contributed by atoms with van der Waals surface area (Å²) in [5.41, 5.74) is 0. The van der Waals surface area contributed by atoms with Crippen molar-refractivity contribution in [1.29, 1.82) is 0 Å². The van der Waals surface area contributed by atoms with E-state index in [2.05, 4.69) is 26.0 Å². The fourth-order valence-corrected chi connectivity index (χ4v) is 4.66. The second-order valence-corrected chi connectivity index (χ2v) is 8.42. The highest BCUT2D eigenvalue weighted by molar-refractivity contribution is 4.90. The van der Waals surface area contributed by atoms with E-state index in [0.29, 0.717) is 6.10 Å². The highest BCUT2D eigenvalue weighted by Crippen LogP contribution is 2.36. The number of hydrogen-bond donors (Lipinski definition) is 0. The number of ether oxygens (including phenoxy) is 1. The smallest absolute Gasteiger partial charge is 0.0575 e. The van der Waals surface area contributed by atoms with E-state index in [1.165, 1.54) is 89.9 Å².